The van der Waals surface area contributed by atoms with Gasteiger partial charge >= 0.3 is 0 Å². The number of ether oxygens (including phenoxy) is 2. The SMILES string of the molecule is C[C@H](Oc1cccc2ccccc12)C(=O)Nc1ccc(N2CCOCC2)cc1. The number of nitrogens with zero attached hydrogens (tertiary/aromatic N) is 1. The van der Waals surface area contributed by atoms with Gasteiger partial charge in [-0.05, 0) is 42.6 Å². The van der Waals surface area contributed by atoms with E-state index in [2.05, 4.69) is 10.2 Å². The highest BCUT2D eigenvalue weighted by Crippen LogP contribution is 2.26. The number of hydrogen-bond donors (Lipinski definition) is 1. The second kappa shape index (κ2) is 8.31. The van der Waals surface area contributed by atoms with Crippen LogP contribution in [-0.2, 0) is 9.53 Å². The van der Waals surface area contributed by atoms with Gasteiger partial charge in [0.15, 0.2) is 6.10 Å². The number of nitrogens with one attached hydrogen (secondary N) is 1. The maximum Gasteiger partial charge on any atom is 0.265 e. The second-order valence-electron chi connectivity index (χ2n) is 6.87. The smallest absolute Gasteiger partial charge is 0.265 e. The monoisotopic (exact) mass is 376 g/mol. The predicted octanol–water partition coefficient (Wildman–Crippen LogP) is 4.08. The minimum absolute atomic E-state index is 0.174. The summed E-state index contributed by atoms with van der Waals surface area (Å²) in [7, 11) is 0. The molecule has 0 saturated carbocycles. The average Bonchev–Trinajstić information content (AvgIpc) is 2.75. The molecule has 1 aliphatic rings. The number of carbonyl (C=O) groups excluding carboxylic acids is 1. The summed E-state index contributed by atoms with van der Waals surface area (Å²) in [5, 5.41) is 5.02. The van der Waals surface area contributed by atoms with Gasteiger partial charge in [0, 0.05) is 29.9 Å². The molecule has 28 heavy (non-hydrogen) atoms. The first-order valence-corrected chi connectivity index (χ1v) is 9.59. The zero-order chi connectivity index (χ0) is 19.3. The third-order valence-electron chi connectivity index (χ3n) is 4.93. The van der Waals surface area contributed by atoms with E-state index in [1.165, 1.54) is 0 Å². The van der Waals surface area contributed by atoms with Crippen molar-refractivity contribution in [2.75, 3.05) is 36.5 Å². The van der Waals surface area contributed by atoms with Crippen molar-refractivity contribution >= 4 is 28.1 Å². The summed E-state index contributed by atoms with van der Waals surface area (Å²) >= 11 is 0. The molecule has 1 fully saturated rings. The van der Waals surface area contributed by atoms with Crippen LogP contribution in [0.5, 0.6) is 5.75 Å². The normalized spacial score (nSPS) is 15.2. The van der Waals surface area contributed by atoms with Crippen molar-refractivity contribution in [2.45, 2.75) is 13.0 Å². The van der Waals surface area contributed by atoms with Gasteiger partial charge < -0.3 is 19.7 Å². The first-order chi connectivity index (χ1) is 13.7. The number of morpholine rings is 1. The fourth-order valence-electron chi connectivity index (χ4n) is 3.36. The molecule has 1 amide bonds. The van der Waals surface area contributed by atoms with Gasteiger partial charge in [-0.1, -0.05) is 36.4 Å². The molecule has 0 spiro atoms. The number of rotatable bonds is 5. The predicted molar refractivity (Wildman–Crippen MR) is 112 cm³/mol. The lowest BCUT2D eigenvalue weighted by atomic mass is 10.1. The van der Waals surface area contributed by atoms with E-state index in [1.807, 2.05) is 66.7 Å². The first kappa shape index (κ1) is 18.3. The molecule has 5 heteroatoms. The van der Waals surface area contributed by atoms with Crippen LogP contribution in [0.1, 0.15) is 6.92 Å². The Bertz CT molecular complexity index is 944. The Kier molecular flexibility index (Phi) is 5.44. The molecule has 4 rings (SSSR count). The lowest BCUT2D eigenvalue weighted by Crippen LogP contribution is -2.36. The van der Waals surface area contributed by atoms with Gasteiger partial charge in [-0.15, -0.1) is 0 Å². The lowest BCUT2D eigenvalue weighted by Gasteiger charge is -2.29. The molecule has 1 saturated heterocycles. The van der Waals surface area contributed by atoms with E-state index in [0.29, 0.717) is 5.75 Å². The molecule has 0 bridgehead atoms. The van der Waals surface area contributed by atoms with Gasteiger partial charge in [0.05, 0.1) is 13.2 Å². The average molecular weight is 376 g/mol. The zero-order valence-electron chi connectivity index (χ0n) is 15.9. The lowest BCUT2D eigenvalue weighted by molar-refractivity contribution is -0.122. The summed E-state index contributed by atoms with van der Waals surface area (Å²) in [5.74, 6) is 0.537. The van der Waals surface area contributed by atoms with E-state index in [0.717, 1.165) is 48.5 Å². The molecule has 1 aliphatic heterocycles. The molecule has 5 nitrogen and oxygen atoms in total. The molecule has 3 aromatic carbocycles. The van der Waals surface area contributed by atoms with Gasteiger partial charge in [0.2, 0.25) is 0 Å². The molecular formula is C23H24N2O3. The van der Waals surface area contributed by atoms with Crippen LogP contribution in [0.2, 0.25) is 0 Å². The Balaban J connectivity index is 1.40. The maximum absolute atomic E-state index is 12.6. The topological polar surface area (TPSA) is 50.8 Å². The maximum atomic E-state index is 12.6. The third-order valence-corrected chi connectivity index (χ3v) is 4.93. The van der Waals surface area contributed by atoms with E-state index in [-0.39, 0.29) is 5.91 Å². The molecule has 0 aromatic heterocycles. The van der Waals surface area contributed by atoms with Crippen LogP contribution in [0.3, 0.4) is 0 Å². The van der Waals surface area contributed by atoms with E-state index in [4.69, 9.17) is 9.47 Å². The van der Waals surface area contributed by atoms with Crippen molar-refractivity contribution < 1.29 is 14.3 Å². The molecule has 0 radical (unpaired) electrons. The van der Waals surface area contributed by atoms with Crippen LogP contribution in [0.4, 0.5) is 11.4 Å². The number of hydrogen-bond acceptors (Lipinski definition) is 4. The summed E-state index contributed by atoms with van der Waals surface area (Å²) in [6.07, 6.45) is -0.607. The van der Waals surface area contributed by atoms with Gasteiger partial charge in [0.1, 0.15) is 5.75 Å². The molecule has 3 aromatic rings. The van der Waals surface area contributed by atoms with E-state index >= 15 is 0 Å². The number of carbonyl (C=O) groups is 1. The summed E-state index contributed by atoms with van der Waals surface area (Å²) in [6, 6.07) is 21.7. The Labute approximate surface area is 164 Å². The Morgan fingerprint density at radius 1 is 1.00 bits per heavy atom. The fraction of sp³-hybridized carbons (Fsp3) is 0.261. The molecular weight excluding hydrogens is 352 g/mol. The van der Waals surface area contributed by atoms with Gasteiger partial charge in [-0.3, -0.25) is 4.79 Å². The third kappa shape index (κ3) is 4.10. The van der Waals surface area contributed by atoms with Crippen LogP contribution < -0.4 is 15.0 Å². The Morgan fingerprint density at radius 3 is 2.50 bits per heavy atom. The van der Waals surface area contributed by atoms with Gasteiger partial charge in [-0.25, -0.2) is 0 Å². The van der Waals surface area contributed by atoms with Crippen LogP contribution in [0, 0.1) is 0 Å². The number of amides is 1. The van der Waals surface area contributed by atoms with Crippen molar-refractivity contribution in [1.29, 1.82) is 0 Å². The Morgan fingerprint density at radius 2 is 1.71 bits per heavy atom. The van der Waals surface area contributed by atoms with Crippen molar-refractivity contribution in [3.8, 4) is 5.75 Å². The first-order valence-electron chi connectivity index (χ1n) is 9.59. The highest BCUT2D eigenvalue weighted by molar-refractivity contribution is 5.95. The second-order valence-corrected chi connectivity index (χ2v) is 6.87. The molecule has 0 aliphatic carbocycles. The van der Waals surface area contributed by atoms with Crippen molar-refractivity contribution in [3.63, 3.8) is 0 Å². The Hall–Kier alpha value is -3.05. The minimum atomic E-state index is -0.607. The zero-order valence-corrected chi connectivity index (χ0v) is 15.9. The van der Waals surface area contributed by atoms with E-state index < -0.39 is 6.10 Å². The van der Waals surface area contributed by atoms with Crippen molar-refractivity contribution in [1.82, 2.24) is 0 Å². The van der Waals surface area contributed by atoms with Crippen LogP contribution in [0.15, 0.2) is 66.7 Å². The highest BCUT2D eigenvalue weighted by Gasteiger charge is 2.17. The highest BCUT2D eigenvalue weighted by atomic mass is 16.5. The number of anilines is 2. The van der Waals surface area contributed by atoms with Crippen molar-refractivity contribution in [2.24, 2.45) is 0 Å². The summed E-state index contributed by atoms with van der Waals surface area (Å²) in [6.45, 7) is 5.05. The van der Waals surface area contributed by atoms with Gasteiger partial charge in [0.25, 0.3) is 5.91 Å². The fourth-order valence-corrected chi connectivity index (χ4v) is 3.36. The quantitative estimate of drug-likeness (QED) is 0.729. The molecule has 1 heterocycles. The van der Waals surface area contributed by atoms with Crippen LogP contribution in [0.25, 0.3) is 10.8 Å². The van der Waals surface area contributed by atoms with Gasteiger partial charge in [-0.2, -0.15) is 0 Å². The largest absolute Gasteiger partial charge is 0.480 e. The minimum Gasteiger partial charge on any atom is -0.480 e. The van der Waals surface area contributed by atoms with Crippen LogP contribution in [-0.4, -0.2) is 38.3 Å². The number of benzene rings is 3. The van der Waals surface area contributed by atoms with Crippen LogP contribution >= 0.6 is 0 Å². The summed E-state index contributed by atoms with van der Waals surface area (Å²) < 4.78 is 11.3. The number of fused-ring (bicyclic) bond motifs is 1. The molecule has 1 atom stereocenters. The van der Waals surface area contributed by atoms with E-state index in [1.54, 1.807) is 6.92 Å². The summed E-state index contributed by atoms with van der Waals surface area (Å²) in [4.78, 5) is 14.9. The molecule has 144 valence electrons. The van der Waals surface area contributed by atoms with E-state index in [9.17, 15) is 4.79 Å². The van der Waals surface area contributed by atoms with Crippen molar-refractivity contribution in [3.05, 3.63) is 66.7 Å². The standard InChI is InChI=1S/C23H24N2O3/c1-17(28-22-8-4-6-18-5-2-3-7-21(18)22)23(26)24-19-9-11-20(12-10-19)25-13-15-27-16-14-25/h2-12,17H,13-16H2,1H3,(H,24,26)/t17-/m0/s1. The molecule has 1 N–H and O–H groups in total. The molecule has 0 unspecified atom stereocenters. The summed E-state index contributed by atoms with van der Waals surface area (Å²) in [5.41, 5.74) is 1.90.